The average Bonchev–Trinajstić information content (AvgIpc) is 3.28. The Labute approximate surface area is 128 Å². The van der Waals surface area contributed by atoms with Crippen molar-refractivity contribution >= 4 is 6.29 Å². The van der Waals surface area contributed by atoms with Gasteiger partial charge in [-0.2, -0.15) is 0 Å². The minimum atomic E-state index is -1.22. The molecule has 0 aromatic carbocycles. The zero-order chi connectivity index (χ0) is 16.0. The molecule has 1 aliphatic rings. The van der Waals surface area contributed by atoms with Crippen LogP contribution in [0.15, 0.2) is 0 Å². The van der Waals surface area contributed by atoms with E-state index in [1.165, 1.54) is 12.8 Å². The fourth-order valence-electron chi connectivity index (χ4n) is 2.95. The summed E-state index contributed by atoms with van der Waals surface area (Å²) in [6.07, 6.45) is 3.96. The Morgan fingerprint density at radius 1 is 1.38 bits per heavy atom. The van der Waals surface area contributed by atoms with E-state index in [-0.39, 0.29) is 12.5 Å². The first-order chi connectivity index (χ1) is 9.87. The quantitative estimate of drug-likeness (QED) is 0.455. The first-order valence-electron chi connectivity index (χ1n) is 8.35. The van der Waals surface area contributed by atoms with Crippen LogP contribution < -0.4 is 0 Å². The molecule has 1 rings (SSSR count). The van der Waals surface area contributed by atoms with Gasteiger partial charge in [0.05, 0.1) is 6.61 Å². The average molecular weight is 300 g/mol. The summed E-state index contributed by atoms with van der Waals surface area (Å²) in [4.78, 5) is 10.6. The van der Waals surface area contributed by atoms with Crippen LogP contribution in [0.4, 0.5) is 0 Å². The van der Waals surface area contributed by atoms with Gasteiger partial charge in [-0.05, 0) is 43.4 Å². The molecule has 0 aliphatic heterocycles. The standard InChI is InChI=1S/C17H32O4/c1-5-13(4)15-9-14(15)7-8-17(20,6-2)16(19)21-11-12(3)10-18/h10,12-16,19-20H,5-9,11H2,1-4H3. The second-order valence-electron chi connectivity index (χ2n) is 6.84. The van der Waals surface area contributed by atoms with E-state index in [1.807, 2.05) is 6.92 Å². The van der Waals surface area contributed by atoms with Crippen molar-refractivity contribution in [1.82, 2.24) is 0 Å². The van der Waals surface area contributed by atoms with E-state index in [2.05, 4.69) is 13.8 Å². The SMILES string of the molecule is CCC(C)C1CC1CCC(O)(CC)C(O)OCC(C)C=O. The zero-order valence-electron chi connectivity index (χ0n) is 13.9. The maximum absolute atomic E-state index is 10.6. The molecule has 4 nitrogen and oxygen atoms in total. The maximum Gasteiger partial charge on any atom is 0.183 e. The van der Waals surface area contributed by atoms with Crippen LogP contribution in [0, 0.1) is 23.7 Å². The molecule has 2 N–H and O–H groups in total. The zero-order valence-corrected chi connectivity index (χ0v) is 13.9. The van der Waals surface area contributed by atoms with Gasteiger partial charge < -0.3 is 19.7 Å². The summed E-state index contributed by atoms with van der Waals surface area (Å²) >= 11 is 0. The Kier molecular flexibility index (Phi) is 7.31. The van der Waals surface area contributed by atoms with Crippen LogP contribution in [-0.2, 0) is 9.53 Å². The summed E-state index contributed by atoms with van der Waals surface area (Å²) in [6, 6.07) is 0. The molecule has 0 bridgehead atoms. The fourth-order valence-corrected chi connectivity index (χ4v) is 2.95. The summed E-state index contributed by atoms with van der Waals surface area (Å²) in [5, 5.41) is 20.6. The molecule has 0 saturated heterocycles. The Morgan fingerprint density at radius 2 is 2.05 bits per heavy atom. The molecule has 0 amide bonds. The van der Waals surface area contributed by atoms with Crippen molar-refractivity contribution in [1.29, 1.82) is 0 Å². The summed E-state index contributed by atoms with van der Waals surface area (Å²) in [7, 11) is 0. The highest BCUT2D eigenvalue weighted by Crippen LogP contribution is 2.49. The van der Waals surface area contributed by atoms with Gasteiger partial charge in [-0.25, -0.2) is 0 Å². The normalized spacial score (nSPS) is 28.5. The van der Waals surface area contributed by atoms with E-state index >= 15 is 0 Å². The Hall–Kier alpha value is -0.450. The number of ether oxygens (including phenoxy) is 1. The van der Waals surface area contributed by atoms with E-state index in [0.717, 1.165) is 24.5 Å². The molecule has 21 heavy (non-hydrogen) atoms. The third-order valence-corrected chi connectivity index (χ3v) is 5.12. The molecular formula is C17H32O4. The summed E-state index contributed by atoms with van der Waals surface area (Å²) in [5.74, 6) is 1.95. The van der Waals surface area contributed by atoms with Gasteiger partial charge in [-0.3, -0.25) is 0 Å². The fraction of sp³-hybridized carbons (Fsp3) is 0.941. The highest BCUT2D eigenvalue weighted by molar-refractivity contribution is 5.52. The van der Waals surface area contributed by atoms with Crippen molar-refractivity contribution in [3.05, 3.63) is 0 Å². The highest BCUT2D eigenvalue weighted by Gasteiger charge is 2.43. The minimum absolute atomic E-state index is 0.145. The third-order valence-electron chi connectivity index (χ3n) is 5.12. The number of hydrogen-bond donors (Lipinski definition) is 2. The van der Waals surface area contributed by atoms with Crippen LogP contribution in [0.3, 0.4) is 0 Å². The molecule has 1 aliphatic carbocycles. The summed E-state index contributed by atoms with van der Waals surface area (Å²) in [5.41, 5.74) is -1.20. The first-order valence-corrected chi connectivity index (χ1v) is 8.35. The molecule has 4 heteroatoms. The monoisotopic (exact) mass is 300 g/mol. The van der Waals surface area contributed by atoms with Crippen LogP contribution in [-0.4, -0.2) is 35.0 Å². The molecular weight excluding hydrogens is 268 g/mol. The van der Waals surface area contributed by atoms with Crippen LogP contribution in [0.25, 0.3) is 0 Å². The van der Waals surface area contributed by atoms with Crippen molar-refractivity contribution in [2.45, 2.75) is 71.7 Å². The van der Waals surface area contributed by atoms with Crippen molar-refractivity contribution in [2.24, 2.45) is 23.7 Å². The van der Waals surface area contributed by atoms with Crippen LogP contribution in [0.2, 0.25) is 0 Å². The van der Waals surface area contributed by atoms with E-state index in [1.54, 1.807) is 6.92 Å². The van der Waals surface area contributed by atoms with Crippen molar-refractivity contribution < 1.29 is 19.7 Å². The molecule has 1 fully saturated rings. The number of hydrogen-bond acceptors (Lipinski definition) is 4. The molecule has 124 valence electrons. The van der Waals surface area contributed by atoms with E-state index in [9.17, 15) is 15.0 Å². The van der Waals surface area contributed by atoms with E-state index in [0.29, 0.717) is 18.8 Å². The molecule has 0 spiro atoms. The second kappa shape index (κ2) is 8.25. The summed E-state index contributed by atoms with van der Waals surface area (Å²) in [6.45, 7) is 8.23. The Morgan fingerprint density at radius 3 is 2.57 bits per heavy atom. The number of aldehydes is 1. The summed E-state index contributed by atoms with van der Waals surface area (Å²) < 4.78 is 5.27. The van der Waals surface area contributed by atoms with Gasteiger partial charge in [0.2, 0.25) is 0 Å². The van der Waals surface area contributed by atoms with Crippen LogP contribution in [0.1, 0.15) is 59.8 Å². The highest BCUT2D eigenvalue weighted by atomic mass is 16.6. The van der Waals surface area contributed by atoms with E-state index < -0.39 is 11.9 Å². The molecule has 0 aromatic rings. The first kappa shape index (κ1) is 18.6. The lowest BCUT2D eigenvalue weighted by Crippen LogP contribution is -2.44. The number of carbonyl (C=O) groups excluding carboxylic acids is 1. The maximum atomic E-state index is 10.6. The predicted octanol–water partition coefficient (Wildman–Crippen LogP) is 2.76. The predicted molar refractivity (Wildman–Crippen MR) is 82.7 cm³/mol. The molecule has 0 aromatic heterocycles. The topological polar surface area (TPSA) is 66.8 Å². The minimum Gasteiger partial charge on any atom is -0.385 e. The Bertz CT molecular complexity index is 320. The van der Waals surface area contributed by atoms with Gasteiger partial charge in [0, 0.05) is 5.92 Å². The van der Waals surface area contributed by atoms with Gasteiger partial charge in [0.1, 0.15) is 11.9 Å². The van der Waals surface area contributed by atoms with Crippen LogP contribution in [0.5, 0.6) is 0 Å². The Balaban J connectivity index is 2.39. The van der Waals surface area contributed by atoms with E-state index in [4.69, 9.17) is 4.74 Å². The smallest absolute Gasteiger partial charge is 0.183 e. The van der Waals surface area contributed by atoms with Crippen LogP contribution >= 0.6 is 0 Å². The molecule has 0 heterocycles. The molecule has 6 unspecified atom stereocenters. The largest absolute Gasteiger partial charge is 0.385 e. The van der Waals surface area contributed by atoms with Gasteiger partial charge in [-0.1, -0.05) is 34.1 Å². The van der Waals surface area contributed by atoms with Crippen molar-refractivity contribution in [2.75, 3.05) is 6.61 Å². The lowest BCUT2D eigenvalue weighted by molar-refractivity contribution is -0.220. The lowest BCUT2D eigenvalue weighted by atomic mass is 9.91. The number of aliphatic hydroxyl groups excluding tert-OH is 1. The lowest BCUT2D eigenvalue weighted by Gasteiger charge is -2.32. The third kappa shape index (κ3) is 5.35. The second-order valence-corrected chi connectivity index (χ2v) is 6.84. The molecule has 0 radical (unpaired) electrons. The van der Waals surface area contributed by atoms with Gasteiger partial charge >= 0.3 is 0 Å². The van der Waals surface area contributed by atoms with Gasteiger partial charge in [0.25, 0.3) is 0 Å². The van der Waals surface area contributed by atoms with Gasteiger partial charge in [0.15, 0.2) is 6.29 Å². The molecule has 6 atom stereocenters. The van der Waals surface area contributed by atoms with Crippen molar-refractivity contribution in [3.63, 3.8) is 0 Å². The molecule has 1 saturated carbocycles. The number of rotatable bonds is 11. The van der Waals surface area contributed by atoms with Gasteiger partial charge in [-0.15, -0.1) is 0 Å². The number of aliphatic hydroxyl groups is 2. The number of carbonyl (C=O) groups is 1. The van der Waals surface area contributed by atoms with Crippen molar-refractivity contribution in [3.8, 4) is 0 Å².